The van der Waals surface area contributed by atoms with E-state index in [-0.39, 0.29) is 17.6 Å². The van der Waals surface area contributed by atoms with Crippen LogP contribution in [0, 0.1) is 5.92 Å². The topological polar surface area (TPSA) is 55.4 Å². The second-order valence-corrected chi connectivity index (χ2v) is 4.46. The number of benzene rings is 1. The summed E-state index contributed by atoms with van der Waals surface area (Å²) in [7, 11) is 0. The van der Waals surface area contributed by atoms with Gasteiger partial charge in [-0.25, -0.2) is 0 Å². The lowest BCUT2D eigenvalue weighted by Gasteiger charge is -2.12. The van der Waals surface area contributed by atoms with Crippen molar-refractivity contribution < 1.29 is 14.3 Å². The minimum Gasteiger partial charge on any atom is -0.492 e. The fourth-order valence-electron chi connectivity index (χ4n) is 1.71. The van der Waals surface area contributed by atoms with E-state index in [1.165, 1.54) is 6.92 Å². The van der Waals surface area contributed by atoms with Gasteiger partial charge in [0.05, 0.1) is 12.3 Å². The smallest absolute Gasteiger partial charge is 0.227 e. The molecule has 18 heavy (non-hydrogen) atoms. The van der Waals surface area contributed by atoms with Gasteiger partial charge >= 0.3 is 0 Å². The van der Waals surface area contributed by atoms with Crippen LogP contribution < -0.4 is 10.1 Å². The molecule has 0 heterocycles. The Balaban J connectivity index is 2.24. The van der Waals surface area contributed by atoms with Gasteiger partial charge in [-0.05, 0) is 44.9 Å². The van der Waals surface area contributed by atoms with Crippen LogP contribution >= 0.6 is 0 Å². The fraction of sp³-hybridized carbons (Fsp3) is 0.429. The molecule has 1 aromatic rings. The number of hydrogen-bond donors (Lipinski definition) is 1. The molecule has 96 valence electrons. The number of carbonyl (C=O) groups is 2. The van der Waals surface area contributed by atoms with Crippen LogP contribution in [0.5, 0.6) is 5.75 Å². The number of ether oxygens (including phenoxy) is 1. The maximum atomic E-state index is 11.8. The van der Waals surface area contributed by atoms with Crippen LogP contribution in [0.3, 0.4) is 0 Å². The zero-order chi connectivity index (χ0) is 13.1. The van der Waals surface area contributed by atoms with Crippen molar-refractivity contribution in [1.29, 1.82) is 0 Å². The summed E-state index contributed by atoms with van der Waals surface area (Å²) in [5.74, 6) is 0.716. The number of anilines is 1. The first-order valence-electron chi connectivity index (χ1n) is 6.20. The molecule has 0 radical (unpaired) electrons. The Labute approximate surface area is 106 Å². The lowest BCUT2D eigenvalue weighted by Crippen LogP contribution is -2.14. The van der Waals surface area contributed by atoms with Gasteiger partial charge in [-0.15, -0.1) is 0 Å². The van der Waals surface area contributed by atoms with Crippen molar-refractivity contribution in [3.8, 4) is 5.75 Å². The highest BCUT2D eigenvalue weighted by Gasteiger charge is 2.30. The van der Waals surface area contributed by atoms with Crippen LogP contribution in [0.4, 0.5) is 5.69 Å². The molecule has 1 aliphatic carbocycles. The summed E-state index contributed by atoms with van der Waals surface area (Å²) < 4.78 is 5.45. The molecule has 0 bridgehead atoms. The quantitative estimate of drug-likeness (QED) is 0.814. The molecule has 4 nitrogen and oxygen atoms in total. The third kappa shape index (κ3) is 2.88. The van der Waals surface area contributed by atoms with Crippen LogP contribution in [0.15, 0.2) is 18.2 Å². The van der Waals surface area contributed by atoms with Crippen LogP contribution in [-0.4, -0.2) is 18.3 Å². The average Bonchev–Trinajstić information content (AvgIpc) is 3.15. The Kier molecular flexibility index (Phi) is 3.65. The van der Waals surface area contributed by atoms with E-state index >= 15 is 0 Å². The maximum absolute atomic E-state index is 11.8. The molecule has 0 aliphatic heterocycles. The summed E-state index contributed by atoms with van der Waals surface area (Å²) in [5.41, 5.74) is 1.16. The van der Waals surface area contributed by atoms with E-state index < -0.39 is 0 Å². The van der Waals surface area contributed by atoms with E-state index in [0.717, 1.165) is 12.8 Å². The van der Waals surface area contributed by atoms with E-state index in [2.05, 4.69) is 5.32 Å². The van der Waals surface area contributed by atoms with Crippen molar-refractivity contribution in [2.24, 2.45) is 5.92 Å². The van der Waals surface area contributed by atoms with Crippen LogP contribution in [0.2, 0.25) is 0 Å². The normalized spacial score (nSPS) is 14.1. The first-order chi connectivity index (χ1) is 8.61. The predicted octanol–water partition coefficient (Wildman–Crippen LogP) is 2.64. The van der Waals surface area contributed by atoms with E-state index in [1.807, 2.05) is 6.92 Å². The molecule has 4 heteroatoms. The van der Waals surface area contributed by atoms with Gasteiger partial charge in [0.15, 0.2) is 5.78 Å². The number of rotatable bonds is 5. The third-order valence-electron chi connectivity index (χ3n) is 2.89. The second kappa shape index (κ2) is 5.21. The lowest BCUT2D eigenvalue weighted by atomic mass is 10.1. The van der Waals surface area contributed by atoms with Gasteiger partial charge < -0.3 is 10.1 Å². The third-order valence-corrected chi connectivity index (χ3v) is 2.89. The SMILES string of the molecule is CCOc1ccc(C(C)=O)cc1NC(=O)C1CC1. The van der Waals surface area contributed by atoms with Crippen LogP contribution in [0.1, 0.15) is 37.0 Å². The zero-order valence-electron chi connectivity index (χ0n) is 10.7. The summed E-state index contributed by atoms with van der Waals surface area (Å²) in [5, 5.41) is 2.84. The van der Waals surface area contributed by atoms with Crippen molar-refractivity contribution in [1.82, 2.24) is 0 Å². The van der Waals surface area contributed by atoms with E-state index in [9.17, 15) is 9.59 Å². The van der Waals surface area contributed by atoms with Crippen molar-refractivity contribution in [2.75, 3.05) is 11.9 Å². The molecule has 0 atom stereocenters. The molecule has 1 fully saturated rings. The van der Waals surface area contributed by atoms with Gasteiger partial charge in [0.1, 0.15) is 5.75 Å². The van der Waals surface area contributed by atoms with E-state index in [4.69, 9.17) is 4.74 Å². The largest absolute Gasteiger partial charge is 0.492 e. The number of Topliss-reactive ketones (excluding diaryl/α,β-unsaturated/α-hetero) is 1. The molecule has 0 unspecified atom stereocenters. The Morgan fingerprint density at radius 3 is 2.67 bits per heavy atom. The molecule has 1 aromatic carbocycles. The van der Waals surface area contributed by atoms with Crippen LogP contribution in [0.25, 0.3) is 0 Å². The van der Waals surface area contributed by atoms with E-state index in [1.54, 1.807) is 18.2 Å². The molecular formula is C14H17NO3. The van der Waals surface area contributed by atoms with Crippen molar-refractivity contribution in [3.05, 3.63) is 23.8 Å². The van der Waals surface area contributed by atoms with Gasteiger partial charge in [-0.2, -0.15) is 0 Å². The van der Waals surface area contributed by atoms with Crippen LogP contribution in [-0.2, 0) is 4.79 Å². The summed E-state index contributed by atoms with van der Waals surface area (Å²) in [6.07, 6.45) is 1.89. The molecular weight excluding hydrogens is 230 g/mol. The standard InChI is InChI=1S/C14H17NO3/c1-3-18-13-7-6-11(9(2)16)8-12(13)15-14(17)10-4-5-10/h6-8,10H,3-5H2,1-2H3,(H,15,17). The van der Waals surface area contributed by atoms with Crippen molar-refractivity contribution in [2.45, 2.75) is 26.7 Å². The molecule has 1 amide bonds. The summed E-state index contributed by atoms with van der Waals surface area (Å²) in [6, 6.07) is 5.11. The Hall–Kier alpha value is -1.84. The molecule has 0 saturated heterocycles. The molecule has 0 spiro atoms. The molecule has 1 N–H and O–H groups in total. The summed E-state index contributed by atoms with van der Waals surface area (Å²) >= 11 is 0. The number of hydrogen-bond acceptors (Lipinski definition) is 3. The predicted molar refractivity (Wildman–Crippen MR) is 69.0 cm³/mol. The Morgan fingerprint density at radius 2 is 2.11 bits per heavy atom. The van der Waals surface area contributed by atoms with Gasteiger partial charge in [0, 0.05) is 11.5 Å². The number of ketones is 1. The van der Waals surface area contributed by atoms with Gasteiger partial charge in [0.2, 0.25) is 5.91 Å². The van der Waals surface area contributed by atoms with Gasteiger partial charge in [0.25, 0.3) is 0 Å². The second-order valence-electron chi connectivity index (χ2n) is 4.46. The highest BCUT2D eigenvalue weighted by Crippen LogP contribution is 2.32. The minimum atomic E-state index is -0.0278. The molecule has 1 saturated carbocycles. The zero-order valence-corrected chi connectivity index (χ0v) is 10.7. The molecule has 0 aromatic heterocycles. The number of nitrogens with one attached hydrogen (secondary N) is 1. The summed E-state index contributed by atoms with van der Waals surface area (Å²) in [6.45, 7) is 3.90. The average molecular weight is 247 g/mol. The fourth-order valence-corrected chi connectivity index (χ4v) is 1.71. The van der Waals surface area contributed by atoms with Crippen molar-refractivity contribution in [3.63, 3.8) is 0 Å². The Bertz CT molecular complexity index is 478. The molecule has 2 rings (SSSR count). The lowest BCUT2D eigenvalue weighted by molar-refractivity contribution is -0.117. The highest BCUT2D eigenvalue weighted by atomic mass is 16.5. The number of amides is 1. The van der Waals surface area contributed by atoms with Gasteiger partial charge in [-0.3, -0.25) is 9.59 Å². The molecule has 1 aliphatic rings. The van der Waals surface area contributed by atoms with E-state index in [0.29, 0.717) is 23.6 Å². The monoisotopic (exact) mass is 247 g/mol. The Morgan fingerprint density at radius 1 is 1.39 bits per heavy atom. The van der Waals surface area contributed by atoms with Crippen molar-refractivity contribution >= 4 is 17.4 Å². The summed E-state index contributed by atoms with van der Waals surface area (Å²) in [4.78, 5) is 23.1. The first-order valence-corrected chi connectivity index (χ1v) is 6.20. The maximum Gasteiger partial charge on any atom is 0.227 e. The minimum absolute atomic E-state index is 0.0108. The van der Waals surface area contributed by atoms with Gasteiger partial charge in [-0.1, -0.05) is 0 Å². The highest BCUT2D eigenvalue weighted by molar-refractivity contribution is 5.99. The number of carbonyl (C=O) groups excluding carboxylic acids is 2. The first kappa shape index (κ1) is 12.6.